The summed E-state index contributed by atoms with van der Waals surface area (Å²) in [6, 6.07) is 0. The summed E-state index contributed by atoms with van der Waals surface area (Å²) in [7, 11) is 0. The Morgan fingerprint density at radius 3 is 0.909 bits per heavy atom. The van der Waals surface area contributed by atoms with Gasteiger partial charge in [0.15, 0.2) is 0 Å². The molecule has 0 saturated carbocycles. The molecule has 3 radical (unpaired) electrons. The Balaban J connectivity index is 0. The van der Waals surface area contributed by atoms with Crippen LogP contribution in [-0.4, -0.2) is 8.41 Å². The topological polar surface area (TPSA) is 0 Å². The standard InChI is InChI=1S/C10H20.B/c1-9(2,3)7-8-10(4,5)6;/h7-8H,1-6H3;. The lowest BCUT2D eigenvalue weighted by molar-refractivity contribution is 0.502. The molecule has 0 unspecified atom stereocenters. The summed E-state index contributed by atoms with van der Waals surface area (Å²) in [5, 5.41) is 0. The third-order valence-corrected chi connectivity index (χ3v) is 1.08. The lowest BCUT2D eigenvalue weighted by Gasteiger charge is -2.17. The Bertz CT molecular complexity index is 105. The normalized spacial score (nSPS) is 13.3. The fraction of sp³-hybridized carbons (Fsp3) is 0.800. The first-order valence-corrected chi connectivity index (χ1v) is 3.91. The van der Waals surface area contributed by atoms with E-state index in [0.717, 1.165) is 0 Å². The van der Waals surface area contributed by atoms with Crippen LogP contribution in [0, 0.1) is 10.8 Å². The van der Waals surface area contributed by atoms with Gasteiger partial charge in [-0.2, -0.15) is 0 Å². The van der Waals surface area contributed by atoms with E-state index in [2.05, 4.69) is 53.7 Å². The highest BCUT2D eigenvalue weighted by Gasteiger charge is 2.08. The van der Waals surface area contributed by atoms with Crippen LogP contribution < -0.4 is 0 Å². The molecule has 0 N–H and O–H groups in total. The average molecular weight is 151 g/mol. The van der Waals surface area contributed by atoms with Crippen molar-refractivity contribution in [3.8, 4) is 0 Å². The van der Waals surface area contributed by atoms with Crippen molar-refractivity contribution in [2.45, 2.75) is 41.5 Å². The Morgan fingerprint density at radius 2 is 0.818 bits per heavy atom. The Hall–Kier alpha value is -0.195. The van der Waals surface area contributed by atoms with Gasteiger partial charge in [-0.1, -0.05) is 53.7 Å². The largest absolute Gasteiger partial charge is 0.0826 e. The van der Waals surface area contributed by atoms with Crippen molar-refractivity contribution in [1.82, 2.24) is 0 Å². The number of allylic oxidation sites excluding steroid dienone is 2. The zero-order valence-corrected chi connectivity index (χ0v) is 8.73. The van der Waals surface area contributed by atoms with Crippen molar-refractivity contribution in [2.75, 3.05) is 0 Å². The van der Waals surface area contributed by atoms with Crippen LogP contribution in [0.15, 0.2) is 12.2 Å². The molecule has 0 aromatic rings. The van der Waals surface area contributed by atoms with Gasteiger partial charge in [0.25, 0.3) is 0 Å². The number of hydrogen-bond donors (Lipinski definition) is 0. The molecule has 11 heavy (non-hydrogen) atoms. The van der Waals surface area contributed by atoms with E-state index in [4.69, 9.17) is 0 Å². The van der Waals surface area contributed by atoms with Crippen molar-refractivity contribution < 1.29 is 0 Å². The Labute approximate surface area is 73.7 Å². The van der Waals surface area contributed by atoms with Gasteiger partial charge in [0.1, 0.15) is 0 Å². The third kappa shape index (κ3) is 12.9. The van der Waals surface area contributed by atoms with E-state index in [1.54, 1.807) is 0 Å². The third-order valence-electron chi connectivity index (χ3n) is 1.08. The molecule has 0 aromatic carbocycles. The first kappa shape index (κ1) is 13.4. The molecule has 0 amide bonds. The molecule has 0 aliphatic heterocycles. The van der Waals surface area contributed by atoms with Gasteiger partial charge in [-0.05, 0) is 10.8 Å². The maximum atomic E-state index is 2.27. The summed E-state index contributed by atoms with van der Waals surface area (Å²) >= 11 is 0. The molecule has 0 rings (SSSR count). The molecule has 0 bridgehead atoms. The van der Waals surface area contributed by atoms with Crippen LogP contribution in [0.3, 0.4) is 0 Å². The molecule has 1 heteroatoms. The molecule has 0 saturated heterocycles. The molecular formula is C10H20B. The lowest BCUT2D eigenvalue weighted by atomic mass is 9.89. The minimum absolute atomic E-state index is 0. The summed E-state index contributed by atoms with van der Waals surface area (Å²) in [5.74, 6) is 0. The molecule has 0 atom stereocenters. The second-order valence-electron chi connectivity index (χ2n) is 5.07. The monoisotopic (exact) mass is 151 g/mol. The smallest absolute Gasteiger partial charge is 0 e. The summed E-state index contributed by atoms with van der Waals surface area (Å²) in [6.45, 7) is 13.3. The highest BCUT2D eigenvalue weighted by molar-refractivity contribution is 5.75. The fourth-order valence-corrected chi connectivity index (χ4v) is 0.500. The molecule has 0 aliphatic rings. The van der Waals surface area contributed by atoms with Gasteiger partial charge >= 0.3 is 0 Å². The first-order valence-electron chi connectivity index (χ1n) is 3.91. The fourth-order valence-electron chi connectivity index (χ4n) is 0.500. The predicted octanol–water partition coefficient (Wildman–Crippen LogP) is 3.25. The average Bonchev–Trinajstić information content (AvgIpc) is 1.57. The van der Waals surface area contributed by atoms with E-state index in [9.17, 15) is 0 Å². The second kappa shape index (κ2) is 3.99. The van der Waals surface area contributed by atoms with E-state index < -0.39 is 0 Å². The maximum absolute atomic E-state index is 2.27. The van der Waals surface area contributed by atoms with Crippen molar-refractivity contribution in [2.24, 2.45) is 10.8 Å². The van der Waals surface area contributed by atoms with Crippen LogP contribution in [0.5, 0.6) is 0 Å². The van der Waals surface area contributed by atoms with Crippen LogP contribution in [0.25, 0.3) is 0 Å². The van der Waals surface area contributed by atoms with Gasteiger partial charge in [0.2, 0.25) is 0 Å². The molecule has 0 fully saturated rings. The van der Waals surface area contributed by atoms with Gasteiger partial charge in [-0.25, -0.2) is 0 Å². The zero-order valence-electron chi connectivity index (χ0n) is 8.73. The number of hydrogen-bond acceptors (Lipinski definition) is 0. The Morgan fingerprint density at radius 1 is 0.636 bits per heavy atom. The minimum Gasteiger partial charge on any atom is -0.0826 e. The zero-order chi connectivity index (χ0) is 8.41. The van der Waals surface area contributed by atoms with Crippen molar-refractivity contribution in [3.63, 3.8) is 0 Å². The predicted molar refractivity (Wildman–Crippen MR) is 53.8 cm³/mol. The lowest BCUT2D eigenvalue weighted by Crippen LogP contribution is -2.04. The van der Waals surface area contributed by atoms with Gasteiger partial charge in [0, 0.05) is 8.41 Å². The molecule has 63 valence electrons. The van der Waals surface area contributed by atoms with Crippen LogP contribution >= 0.6 is 0 Å². The van der Waals surface area contributed by atoms with Crippen molar-refractivity contribution >= 4 is 8.41 Å². The highest BCUT2D eigenvalue weighted by atomic mass is 14.1. The molecule has 0 heterocycles. The van der Waals surface area contributed by atoms with Crippen LogP contribution in [-0.2, 0) is 0 Å². The summed E-state index contributed by atoms with van der Waals surface area (Å²) < 4.78 is 0. The summed E-state index contributed by atoms with van der Waals surface area (Å²) in [5.41, 5.74) is 0.653. The first-order chi connectivity index (χ1) is 4.21. The van der Waals surface area contributed by atoms with E-state index >= 15 is 0 Å². The number of rotatable bonds is 0. The van der Waals surface area contributed by atoms with Gasteiger partial charge in [-0.3, -0.25) is 0 Å². The van der Waals surface area contributed by atoms with Gasteiger partial charge in [-0.15, -0.1) is 0 Å². The van der Waals surface area contributed by atoms with Crippen molar-refractivity contribution in [3.05, 3.63) is 12.2 Å². The molecule has 0 aromatic heterocycles. The highest BCUT2D eigenvalue weighted by Crippen LogP contribution is 2.21. The van der Waals surface area contributed by atoms with E-state index in [1.807, 2.05) is 0 Å². The molecule has 0 spiro atoms. The van der Waals surface area contributed by atoms with E-state index in [0.29, 0.717) is 10.8 Å². The van der Waals surface area contributed by atoms with Crippen LogP contribution in [0.2, 0.25) is 0 Å². The Kier molecular flexibility index (Phi) is 4.86. The summed E-state index contributed by atoms with van der Waals surface area (Å²) in [6.07, 6.45) is 4.54. The summed E-state index contributed by atoms with van der Waals surface area (Å²) in [4.78, 5) is 0. The van der Waals surface area contributed by atoms with E-state index in [1.165, 1.54) is 0 Å². The molecular weight excluding hydrogens is 131 g/mol. The molecule has 0 aliphatic carbocycles. The van der Waals surface area contributed by atoms with Crippen LogP contribution in [0.4, 0.5) is 0 Å². The minimum atomic E-state index is 0. The van der Waals surface area contributed by atoms with Gasteiger partial charge < -0.3 is 0 Å². The quantitative estimate of drug-likeness (QED) is 0.368. The van der Waals surface area contributed by atoms with Gasteiger partial charge in [0.05, 0.1) is 0 Å². The SMILES string of the molecule is CC(C)(C)C=CC(C)(C)C.[B]. The second-order valence-corrected chi connectivity index (χ2v) is 5.07. The maximum Gasteiger partial charge on any atom is 0 e. The molecule has 0 nitrogen and oxygen atoms in total. The van der Waals surface area contributed by atoms with E-state index in [-0.39, 0.29) is 8.41 Å². The van der Waals surface area contributed by atoms with Crippen molar-refractivity contribution in [1.29, 1.82) is 0 Å². The van der Waals surface area contributed by atoms with Crippen LogP contribution in [0.1, 0.15) is 41.5 Å².